The largest absolute Gasteiger partial charge is 0.383 e. The summed E-state index contributed by atoms with van der Waals surface area (Å²) in [5, 5.41) is 4.12. The van der Waals surface area contributed by atoms with Crippen LogP contribution in [0.1, 0.15) is 19.4 Å². The Kier molecular flexibility index (Phi) is 4.19. The fourth-order valence-corrected chi connectivity index (χ4v) is 2.93. The number of nitrogens with zero attached hydrogens (tertiary/aromatic N) is 1. The van der Waals surface area contributed by atoms with Gasteiger partial charge in [0.1, 0.15) is 0 Å². The molecule has 1 aliphatic heterocycles. The third-order valence-corrected chi connectivity index (χ3v) is 3.53. The molecular formula is C14H20N2OS. The van der Waals surface area contributed by atoms with Gasteiger partial charge in [-0.3, -0.25) is 0 Å². The number of nitrogens with one attached hydrogen (secondary N) is 1. The SMILES string of the molecule is COCC(C)NC(=S)N1c2ccccc2CC1C. The maximum absolute atomic E-state index is 5.52. The summed E-state index contributed by atoms with van der Waals surface area (Å²) in [5.74, 6) is 0. The zero-order valence-corrected chi connectivity index (χ0v) is 12.0. The molecule has 0 saturated carbocycles. The second-order valence-corrected chi connectivity index (χ2v) is 5.24. The van der Waals surface area contributed by atoms with Gasteiger partial charge in [0.15, 0.2) is 5.11 Å². The van der Waals surface area contributed by atoms with Crippen LogP contribution in [0.15, 0.2) is 24.3 Å². The van der Waals surface area contributed by atoms with E-state index in [2.05, 4.69) is 48.3 Å². The molecule has 0 bridgehead atoms. The average molecular weight is 264 g/mol. The Morgan fingerprint density at radius 2 is 2.28 bits per heavy atom. The summed E-state index contributed by atoms with van der Waals surface area (Å²) in [6.07, 6.45) is 1.05. The summed E-state index contributed by atoms with van der Waals surface area (Å²) < 4.78 is 5.12. The number of thiocarbonyl (C=S) groups is 1. The molecule has 1 heterocycles. The number of rotatable bonds is 3. The molecule has 0 saturated heterocycles. The van der Waals surface area contributed by atoms with Gasteiger partial charge >= 0.3 is 0 Å². The molecule has 1 aromatic rings. The lowest BCUT2D eigenvalue weighted by atomic mass is 10.1. The van der Waals surface area contributed by atoms with Gasteiger partial charge in [-0.2, -0.15) is 0 Å². The van der Waals surface area contributed by atoms with Crippen LogP contribution in [-0.2, 0) is 11.2 Å². The summed E-state index contributed by atoms with van der Waals surface area (Å²) in [6.45, 7) is 4.93. The molecule has 0 amide bonds. The number of fused-ring (bicyclic) bond motifs is 1. The van der Waals surface area contributed by atoms with E-state index in [1.165, 1.54) is 11.3 Å². The van der Waals surface area contributed by atoms with Crippen molar-refractivity contribution in [3.8, 4) is 0 Å². The van der Waals surface area contributed by atoms with Crippen LogP contribution >= 0.6 is 12.2 Å². The highest BCUT2D eigenvalue weighted by Crippen LogP contribution is 2.31. The Balaban J connectivity index is 2.11. The molecule has 1 N–H and O–H groups in total. The molecule has 0 fully saturated rings. The average Bonchev–Trinajstić information content (AvgIpc) is 2.64. The van der Waals surface area contributed by atoms with Crippen LogP contribution in [0, 0.1) is 0 Å². The molecule has 18 heavy (non-hydrogen) atoms. The molecule has 0 radical (unpaired) electrons. The molecule has 0 spiro atoms. The van der Waals surface area contributed by atoms with Gasteiger partial charge in [-0.1, -0.05) is 18.2 Å². The summed E-state index contributed by atoms with van der Waals surface area (Å²) in [4.78, 5) is 2.21. The molecule has 1 aliphatic rings. The van der Waals surface area contributed by atoms with E-state index in [0.717, 1.165) is 11.5 Å². The van der Waals surface area contributed by atoms with Gasteiger partial charge in [0, 0.05) is 24.9 Å². The van der Waals surface area contributed by atoms with Crippen molar-refractivity contribution in [2.45, 2.75) is 32.4 Å². The lowest BCUT2D eigenvalue weighted by Gasteiger charge is -2.28. The van der Waals surface area contributed by atoms with Crippen LogP contribution in [0.5, 0.6) is 0 Å². The van der Waals surface area contributed by atoms with Gasteiger partial charge < -0.3 is 15.0 Å². The first-order valence-electron chi connectivity index (χ1n) is 6.30. The molecule has 0 aromatic heterocycles. The van der Waals surface area contributed by atoms with Gasteiger partial charge in [0.25, 0.3) is 0 Å². The number of ether oxygens (including phenoxy) is 1. The maximum Gasteiger partial charge on any atom is 0.174 e. The monoisotopic (exact) mass is 264 g/mol. The highest BCUT2D eigenvalue weighted by Gasteiger charge is 2.28. The molecule has 4 heteroatoms. The first kappa shape index (κ1) is 13.3. The predicted molar refractivity (Wildman–Crippen MR) is 79.2 cm³/mol. The van der Waals surface area contributed by atoms with Crippen LogP contribution in [-0.4, -0.2) is 30.9 Å². The first-order chi connectivity index (χ1) is 8.63. The maximum atomic E-state index is 5.52. The van der Waals surface area contributed by atoms with E-state index in [9.17, 15) is 0 Å². The Hall–Kier alpha value is -1.13. The minimum absolute atomic E-state index is 0.225. The van der Waals surface area contributed by atoms with Crippen LogP contribution in [0.25, 0.3) is 0 Å². The van der Waals surface area contributed by atoms with Gasteiger partial charge in [-0.25, -0.2) is 0 Å². The molecule has 3 nitrogen and oxygen atoms in total. The lowest BCUT2D eigenvalue weighted by molar-refractivity contribution is 0.179. The topological polar surface area (TPSA) is 24.5 Å². The lowest BCUT2D eigenvalue weighted by Crippen LogP contribution is -2.47. The Bertz CT molecular complexity index is 436. The standard InChI is InChI=1S/C14H20N2OS/c1-10(9-17-3)15-14(18)16-11(2)8-12-6-4-5-7-13(12)16/h4-7,10-11H,8-9H2,1-3H3,(H,15,18). The second kappa shape index (κ2) is 5.67. The number of para-hydroxylation sites is 1. The van der Waals surface area contributed by atoms with E-state index in [1.54, 1.807) is 7.11 Å². The minimum atomic E-state index is 0.225. The molecular weight excluding hydrogens is 244 g/mol. The third kappa shape index (κ3) is 2.65. The van der Waals surface area contributed by atoms with Crippen LogP contribution in [0.3, 0.4) is 0 Å². The number of benzene rings is 1. The van der Waals surface area contributed by atoms with Crippen molar-refractivity contribution in [3.63, 3.8) is 0 Å². The molecule has 2 unspecified atom stereocenters. The Morgan fingerprint density at radius 3 is 3.00 bits per heavy atom. The molecule has 2 rings (SSSR count). The zero-order chi connectivity index (χ0) is 13.1. The van der Waals surface area contributed by atoms with Gasteiger partial charge in [-0.15, -0.1) is 0 Å². The summed E-state index contributed by atoms with van der Waals surface area (Å²) in [7, 11) is 1.70. The number of hydrogen-bond donors (Lipinski definition) is 1. The number of hydrogen-bond acceptors (Lipinski definition) is 2. The Morgan fingerprint density at radius 1 is 1.56 bits per heavy atom. The minimum Gasteiger partial charge on any atom is -0.383 e. The van der Waals surface area contributed by atoms with Gasteiger partial charge in [0.2, 0.25) is 0 Å². The summed E-state index contributed by atoms with van der Waals surface area (Å²) in [6, 6.07) is 9.09. The van der Waals surface area contributed by atoms with Crippen molar-refractivity contribution >= 4 is 23.0 Å². The summed E-state index contributed by atoms with van der Waals surface area (Å²) >= 11 is 5.52. The number of methoxy groups -OCH3 is 1. The molecule has 2 atom stereocenters. The molecule has 98 valence electrons. The normalized spacial score (nSPS) is 19.5. The fraction of sp³-hybridized carbons (Fsp3) is 0.500. The van der Waals surface area contributed by atoms with E-state index in [0.29, 0.717) is 12.6 Å². The van der Waals surface area contributed by atoms with Crippen molar-refractivity contribution in [1.29, 1.82) is 0 Å². The third-order valence-electron chi connectivity index (χ3n) is 3.21. The second-order valence-electron chi connectivity index (χ2n) is 4.86. The van der Waals surface area contributed by atoms with Gasteiger partial charge in [0.05, 0.1) is 6.61 Å². The number of anilines is 1. The van der Waals surface area contributed by atoms with E-state index in [-0.39, 0.29) is 6.04 Å². The van der Waals surface area contributed by atoms with E-state index >= 15 is 0 Å². The predicted octanol–water partition coefficient (Wildman–Crippen LogP) is 2.35. The summed E-state index contributed by atoms with van der Waals surface area (Å²) in [5.41, 5.74) is 2.60. The van der Waals surface area contributed by atoms with E-state index < -0.39 is 0 Å². The highest BCUT2D eigenvalue weighted by atomic mass is 32.1. The quantitative estimate of drug-likeness (QED) is 0.847. The molecule has 1 aromatic carbocycles. The van der Waals surface area contributed by atoms with Crippen LogP contribution in [0.4, 0.5) is 5.69 Å². The van der Waals surface area contributed by atoms with Crippen molar-refractivity contribution in [2.75, 3.05) is 18.6 Å². The fourth-order valence-electron chi connectivity index (χ4n) is 2.45. The van der Waals surface area contributed by atoms with Crippen molar-refractivity contribution < 1.29 is 4.74 Å². The smallest absolute Gasteiger partial charge is 0.174 e. The Labute approximate surface area is 114 Å². The van der Waals surface area contributed by atoms with Crippen molar-refractivity contribution in [2.24, 2.45) is 0 Å². The highest BCUT2D eigenvalue weighted by molar-refractivity contribution is 7.80. The van der Waals surface area contributed by atoms with Crippen molar-refractivity contribution in [3.05, 3.63) is 29.8 Å². The van der Waals surface area contributed by atoms with E-state index in [1.807, 2.05) is 0 Å². The molecule has 0 aliphatic carbocycles. The van der Waals surface area contributed by atoms with Gasteiger partial charge in [-0.05, 0) is 44.1 Å². The van der Waals surface area contributed by atoms with Crippen LogP contribution in [0.2, 0.25) is 0 Å². The van der Waals surface area contributed by atoms with E-state index in [4.69, 9.17) is 17.0 Å². The first-order valence-corrected chi connectivity index (χ1v) is 6.71. The van der Waals surface area contributed by atoms with Crippen molar-refractivity contribution in [1.82, 2.24) is 5.32 Å². The zero-order valence-electron chi connectivity index (χ0n) is 11.1. The van der Waals surface area contributed by atoms with Crippen LogP contribution < -0.4 is 10.2 Å².